The SMILES string of the molecule is COCCN(c1cc(OC)ccc1C(N)=S)C(C)C1CC1. The van der Waals surface area contributed by atoms with Crippen LogP contribution >= 0.6 is 12.2 Å². The summed E-state index contributed by atoms with van der Waals surface area (Å²) >= 11 is 5.21. The molecule has 0 radical (unpaired) electrons. The van der Waals surface area contributed by atoms with E-state index in [9.17, 15) is 0 Å². The van der Waals surface area contributed by atoms with Crippen LogP contribution in [-0.4, -0.2) is 38.4 Å². The van der Waals surface area contributed by atoms with Crippen molar-refractivity contribution in [2.45, 2.75) is 25.8 Å². The minimum atomic E-state index is 0.415. The molecule has 5 heteroatoms. The number of nitrogens with zero attached hydrogens (tertiary/aromatic N) is 1. The fraction of sp³-hybridized carbons (Fsp3) is 0.562. The molecule has 0 aromatic heterocycles. The molecule has 1 saturated carbocycles. The van der Waals surface area contributed by atoms with E-state index in [1.54, 1.807) is 14.2 Å². The largest absolute Gasteiger partial charge is 0.497 e. The maximum absolute atomic E-state index is 5.90. The maximum Gasteiger partial charge on any atom is 0.120 e. The van der Waals surface area contributed by atoms with Crippen molar-refractivity contribution in [2.24, 2.45) is 11.7 Å². The molecule has 1 atom stereocenters. The average molecular weight is 308 g/mol. The number of methoxy groups -OCH3 is 2. The summed E-state index contributed by atoms with van der Waals surface area (Å²) in [5.41, 5.74) is 7.83. The molecule has 2 N–H and O–H groups in total. The van der Waals surface area contributed by atoms with Crippen LogP contribution in [-0.2, 0) is 4.74 Å². The van der Waals surface area contributed by atoms with Crippen LogP contribution in [0, 0.1) is 5.92 Å². The van der Waals surface area contributed by atoms with Gasteiger partial charge >= 0.3 is 0 Å². The standard InChI is InChI=1S/C16H24N2O2S/c1-11(12-4-5-12)18(8-9-19-2)15-10-13(20-3)6-7-14(15)16(17)21/h6-7,10-12H,4-5,8-9H2,1-3H3,(H2,17,21). The molecule has 1 unspecified atom stereocenters. The monoisotopic (exact) mass is 308 g/mol. The highest BCUT2D eigenvalue weighted by Gasteiger charge is 2.33. The fourth-order valence-electron chi connectivity index (χ4n) is 2.65. The van der Waals surface area contributed by atoms with E-state index in [4.69, 9.17) is 27.4 Å². The van der Waals surface area contributed by atoms with Crippen molar-refractivity contribution < 1.29 is 9.47 Å². The lowest BCUT2D eigenvalue weighted by atomic mass is 10.1. The Morgan fingerprint density at radius 3 is 2.67 bits per heavy atom. The molecule has 1 aliphatic rings. The number of thiocarbonyl (C=S) groups is 1. The minimum absolute atomic E-state index is 0.415. The Morgan fingerprint density at radius 1 is 1.43 bits per heavy atom. The van der Waals surface area contributed by atoms with Gasteiger partial charge in [0.25, 0.3) is 0 Å². The van der Waals surface area contributed by atoms with E-state index in [0.29, 0.717) is 17.6 Å². The number of benzene rings is 1. The molecule has 1 aromatic rings. The van der Waals surface area contributed by atoms with Gasteiger partial charge in [0.05, 0.1) is 19.4 Å². The summed E-state index contributed by atoms with van der Waals surface area (Å²) in [7, 11) is 3.39. The van der Waals surface area contributed by atoms with Gasteiger partial charge in [0.15, 0.2) is 0 Å². The third-order valence-corrected chi connectivity index (χ3v) is 4.33. The molecule has 1 aliphatic carbocycles. The van der Waals surface area contributed by atoms with Gasteiger partial charge in [0, 0.05) is 31.3 Å². The molecule has 2 rings (SSSR count). The summed E-state index contributed by atoms with van der Waals surface area (Å²) in [6.07, 6.45) is 2.58. The highest BCUT2D eigenvalue weighted by molar-refractivity contribution is 7.80. The van der Waals surface area contributed by atoms with Crippen LogP contribution in [0.1, 0.15) is 25.3 Å². The summed E-state index contributed by atoms with van der Waals surface area (Å²) in [5.74, 6) is 1.56. The van der Waals surface area contributed by atoms with Crippen molar-refractivity contribution >= 4 is 22.9 Å². The summed E-state index contributed by atoms with van der Waals surface area (Å²) < 4.78 is 10.6. The summed E-state index contributed by atoms with van der Waals surface area (Å²) in [6.45, 7) is 3.75. The Balaban J connectivity index is 2.37. The third-order valence-electron chi connectivity index (χ3n) is 4.11. The number of hydrogen-bond acceptors (Lipinski definition) is 4. The number of ether oxygens (including phenoxy) is 2. The predicted molar refractivity (Wildman–Crippen MR) is 90.3 cm³/mol. The minimum Gasteiger partial charge on any atom is -0.497 e. The number of nitrogens with two attached hydrogens (primary N) is 1. The van der Waals surface area contributed by atoms with E-state index < -0.39 is 0 Å². The zero-order valence-corrected chi connectivity index (χ0v) is 13.8. The van der Waals surface area contributed by atoms with E-state index in [0.717, 1.165) is 29.5 Å². The third kappa shape index (κ3) is 3.86. The van der Waals surface area contributed by atoms with Gasteiger partial charge in [0.2, 0.25) is 0 Å². The molecule has 0 aliphatic heterocycles. The predicted octanol–water partition coefficient (Wildman–Crippen LogP) is 2.58. The molecule has 0 heterocycles. The molecule has 1 aromatic carbocycles. The van der Waals surface area contributed by atoms with Gasteiger partial charge in [0.1, 0.15) is 10.7 Å². The Labute approximate surface area is 132 Å². The lowest BCUT2D eigenvalue weighted by Gasteiger charge is -2.33. The van der Waals surface area contributed by atoms with Crippen LogP contribution < -0.4 is 15.4 Å². The van der Waals surface area contributed by atoms with Gasteiger partial charge < -0.3 is 20.1 Å². The molecule has 116 valence electrons. The first kappa shape index (κ1) is 16.0. The van der Waals surface area contributed by atoms with Crippen molar-refractivity contribution in [1.82, 2.24) is 0 Å². The zero-order chi connectivity index (χ0) is 15.4. The Hall–Kier alpha value is -1.33. The second-order valence-corrected chi connectivity index (χ2v) is 5.95. The van der Waals surface area contributed by atoms with Gasteiger partial charge in [-0.25, -0.2) is 0 Å². The van der Waals surface area contributed by atoms with Crippen molar-refractivity contribution in [3.8, 4) is 5.75 Å². The highest BCUT2D eigenvalue weighted by Crippen LogP contribution is 2.38. The normalized spacial score (nSPS) is 15.6. The Kier molecular flexibility index (Phi) is 5.42. The van der Waals surface area contributed by atoms with E-state index in [1.807, 2.05) is 18.2 Å². The lowest BCUT2D eigenvalue weighted by Crippen LogP contribution is -2.38. The average Bonchev–Trinajstić information content (AvgIpc) is 3.31. The van der Waals surface area contributed by atoms with Gasteiger partial charge in [-0.05, 0) is 37.8 Å². The van der Waals surface area contributed by atoms with Crippen molar-refractivity contribution in [3.63, 3.8) is 0 Å². The first-order chi connectivity index (χ1) is 10.1. The second-order valence-electron chi connectivity index (χ2n) is 5.51. The first-order valence-corrected chi connectivity index (χ1v) is 7.72. The van der Waals surface area contributed by atoms with Crippen molar-refractivity contribution in [2.75, 3.05) is 32.3 Å². The van der Waals surface area contributed by atoms with Crippen molar-refractivity contribution in [1.29, 1.82) is 0 Å². The fourth-order valence-corrected chi connectivity index (χ4v) is 2.82. The van der Waals surface area contributed by atoms with E-state index in [1.165, 1.54) is 12.8 Å². The number of anilines is 1. The summed E-state index contributed by atoms with van der Waals surface area (Å²) in [4.78, 5) is 2.76. The van der Waals surface area contributed by atoms with Gasteiger partial charge in [-0.1, -0.05) is 12.2 Å². The molecule has 4 nitrogen and oxygen atoms in total. The van der Waals surface area contributed by atoms with E-state index in [2.05, 4.69) is 11.8 Å². The molecular formula is C16H24N2O2S. The van der Waals surface area contributed by atoms with Crippen LogP contribution in [0.3, 0.4) is 0 Å². The van der Waals surface area contributed by atoms with E-state index in [-0.39, 0.29) is 0 Å². The van der Waals surface area contributed by atoms with Crippen LogP contribution in [0.4, 0.5) is 5.69 Å². The molecule has 0 spiro atoms. The van der Waals surface area contributed by atoms with Crippen LogP contribution in [0.25, 0.3) is 0 Å². The Morgan fingerprint density at radius 2 is 2.14 bits per heavy atom. The number of rotatable bonds is 8. The van der Waals surface area contributed by atoms with Gasteiger partial charge in [-0.2, -0.15) is 0 Å². The number of hydrogen-bond donors (Lipinski definition) is 1. The quantitative estimate of drug-likeness (QED) is 0.748. The van der Waals surface area contributed by atoms with Crippen molar-refractivity contribution in [3.05, 3.63) is 23.8 Å². The smallest absolute Gasteiger partial charge is 0.120 e. The highest BCUT2D eigenvalue weighted by atomic mass is 32.1. The molecule has 1 fully saturated rings. The summed E-state index contributed by atoms with van der Waals surface area (Å²) in [6, 6.07) is 6.30. The van der Waals surface area contributed by atoms with Gasteiger partial charge in [-0.15, -0.1) is 0 Å². The van der Waals surface area contributed by atoms with E-state index >= 15 is 0 Å². The molecule has 0 saturated heterocycles. The molecule has 21 heavy (non-hydrogen) atoms. The topological polar surface area (TPSA) is 47.7 Å². The second kappa shape index (κ2) is 7.09. The zero-order valence-electron chi connectivity index (χ0n) is 13.0. The van der Waals surface area contributed by atoms with Gasteiger partial charge in [-0.3, -0.25) is 0 Å². The Bertz CT molecular complexity index is 503. The molecule has 0 bridgehead atoms. The maximum atomic E-state index is 5.90. The van der Waals surface area contributed by atoms with Crippen LogP contribution in [0.2, 0.25) is 0 Å². The molecule has 0 amide bonds. The molecular weight excluding hydrogens is 284 g/mol. The summed E-state index contributed by atoms with van der Waals surface area (Å²) in [5, 5.41) is 0. The van der Waals surface area contributed by atoms with Crippen LogP contribution in [0.5, 0.6) is 5.75 Å². The first-order valence-electron chi connectivity index (χ1n) is 7.32. The van der Waals surface area contributed by atoms with Crippen LogP contribution in [0.15, 0.2) is 18.2 Å². The lowest BCUT2D eigenvalue weighted by molar-refractivity contribution is 0.202.